The second-order valence-corrected chi connectivity index (χ2v) is 13.7. The number of benzene rings is 2. The van der Waals surface area contributed by atoms with E-state index < -0.39 is 39.7 Å². The molecule has 0 aliphatic rings. The highest BCUT2D eigenvalue weighted by Crippen LogP contribution is 2.14. The molecule has 0 aliphatic heterocycles. The van der Waals surface area contributed by atoms with Crippen molar-refractivity contribution in [3.63, 3.8) is 0 Å². The number of ether oxygens (including phenoxy) is 1. The van der Waals surface area contributed by atoms with Crippen LogP contribution >= 0.6 is 0 Å². The van der Waals surface area contributed by atoms with Crippen LogP contribution in [0.1, 0.15) is 67.3 Å². The van der Waals surface area contributed by atoms with Gasteiger partial charge in [0.2, 0.25) is 0 Å². The summed E-state index contributed by atoms with van der Waals surface area (Å²) in [6.07, 6.45) is 2.23. The first-order valence-electron chi connectivity index (χ1n) is 15.6. The number of aromatic nitrogens is 1. The van der Waals surface area contributed by atoms with Crippen molar-refractivity contribution in [2.24, 2.45) is 11.0 Å². The lowest BCUT2D eigenvalue weighted by molar-refractivity contribution is -0.123. The van der Waals surface area contributed by atoms with Crippen molar-refractivity contribution in [3.05, 3.63) is 83.6 Å². The number of nitrogens with zero attached hydrogens (tertiary/aromatic N) is 2. The van der Waals surface area contributed by atoms with Gasteiger partial charge < -0.3 is 20.7 Å². The molecule has 0 fully saturated rings. The number of amides is 4. The third kappa shape index (κ3) is 13.2. The first-order chi connectivity index (χ1) is 23.5. The summed E-state index contributed by atoms with van der Waals surface area (Å²) in [6, 6.07) is 14.3. The first kappa shape index (κ1) is 38.9. The number of hydrogen-bond donors (Lipinski definition) is 7. The summed E-state index contributed by atoms with van der Waals surface area (Å²) < 4.78 is 37.6. The molecule has 3 aromatic rings. The molecule has 1 aromatic heterocycles. The number of hydrazone groups is 1. The van der Waals surface area contributed by atoms with Crippen LogP contribution in [-0.4, -0.2) is 72.7 Å². The Hall–Kier alpha value is -5.55. The number of carbonyl (C=O) groups excluding carboxylic acids is 4. The quantitative estimate of drug-likeness (QED) is 0.0524. The normalized spacial score (nSPS) is 12.1. The highest BCUT2D eigenvalue weighted by molar-refractivity contribution is 7.86. The predicted octanol–water partition coefficient (Wildman–Crippen LogP) is 3.32. The fourth-order valence-electron chi connectivity index (χ4n) is 4.22. The third-order valence-corrected chi connectivity index (χ3v) is 7.42. The molecular weight excluding hydrogens is 668 g/mol. The lowest BCUT2D eigenvalue weighted by Gasteiger charge is -2.24. The Morgan fingerprint density at radius 3 is 2.12 bits per heavy atom. The van der Waals surface area contributed by atoms with Crippen LogP contribution in [0.5, 0.6) is 0 Å². The van der Waals surface area contributed by atoms with Crippen LogP contribution < -0.4 is 32.2 Å². The van der Waals surface area contributed by atoms with Gasteiger partial charge in [-0.1, -0.05) is 32.0 Å². The van der Waals surface area contributed by atoms with Crippen molar-refractivity contribution in [2.45, 2.75) is 57.6 Å². The zero-order chi connectivity index (χ0) is 36.9. The zero-order valence-electron chi connectivity index (χ0n) is 28.3. The van der Waals surface area contributed by atoms with Crippen molar-refractivity contribution in [3.8, 4) is 0 Å². The maximum Gasteiger partial charge on any atom is 0.408 e. The Labute approximate surface area is 290 Å². The molecule has 0 aliphatic carbocycles. The van der Waals surface area contributed by atoms with Crippen LogP contribution in [0.15, 0.2) is 76.9 Å². The van der Waals surface area contributed by atoms with Gasteiger partial charge in [0.25, 0.3) is 27.8 Å². The molecule has 1 atom stereocenters. The van der Waals surface area contributed by atoms with Crippen molar-refractivity contribution < 1.29 is 36.9 Å². The van der Waals surface area contributed by atoms with E-state index >= 15 is 0 Å². The van der Waals surface area contributed by atoms with Crippen LogP contribution in [0.3, 0.4) is 0 Å². The van der Waals surface area contributed by atoms with Gasteiger partial charge in [0.15, 0.2) is 0 Å². The van der Waals surface area contributed by atoms with E-state index in [4.69, 9.17) is 4.74 Å². The highest BCUT2D eigenvalue weighted by Gasteiger charge is 2.25. The average molecular weight is 711 g/mol. The molecule has 4 amide bonds. The van der Waals surface area contributed by atoms with Gasteiger partial charge in [0.05, 0.1) is 17.5 Å². The van der Waals surface area contributed by atoms with Crippen LogP contribution in [0.2, 0.25) is 0 Å². The van der Waals surface area contributed by atoms with Gasteiger partial charge in [-0.3, -0.25) is 35.2 Å². The maximum atomic E-state index is 12.8. The van der Waals surface area contributed by atoms with E-state index in [1.807, 2.05) is 13.8 Å². The molecule has 0 saturated carbocycles. The van der Waals surface area contributed by atoms with Gasteiger partial charge in [-0.25, -0.2) is 9.78 Å². The predicted molar refractivity (Wildman–Crippen MR) is 187 cm³/mol. The molecule has 0 spiro atoms. The molecule has 17 heteroatoms. The Kier molecular flexibility index (Phi) is 13.8. The fraction of sp³-hybridized carbons (Fsp3) is 0.333. The van der Waals surface area contributed by atoms with Crippen LogP contribution in [-0.2, 0) is 19.6 Å². The Balaban J connectivity index is 1.41. The summed E-state index contributed by atoms with van der Waals surface area (Å²) in [5.74, 6) is -0.836. The van der Waals surface area contributed by atoms with E-state index in [1.165, 1.54) is 42.7 Å². The minimum atomic E-state index is -4.42. The molecule has 0 bridgehead atoms. The smallest absolute Gasteiger partial charge is 0.408 e. The Morgan fingerprint density at radius 1 is 0.920 bits per heavy atom. The number of alkyl carbamates (subject to hydrolysis) is 1. The first-order valence-corrected chi connectivity index (χ1v) is 17.0. The van der Waals surface area contributed by atoms with Crippen molar-refractivity contribution in [2.75, 3.05) is 23.9 Å². The largest absolute Gasteiger partial charge is 0.444 e. The second-order valence-electron chi connectivity index (χ2n) is 12.3. The van der Waals surface area contributed by atoms with Crippen molar-refractivity contribution in [1.29, 1.82) is 0 Å². The van der Waals surface area contributed by atoms with Crippen LogP contribution in [0.25, 0.3) is 0 Å². The van der Waals surface area contributed by atoms with E-state index in [0.29, 0.717) is 17.7 Å². The lowest BCUT2D eigenvalue weighted by Crippen LogP contribution is -2.50. The topological polar surface area (TPSA) is 229 Å². The number of hydrogen-bond acceptors (Lipinski definition) is 11. The summed E-state index contributed by atoms with van der Waals surface area (Å²) >= 11 is 0. The summed E-state index contributed by atoms with van der Waals surface area (Å²) in [5, 5.41) is 11.9. The summed E-state index contributed by atoms with van der Waals surface area (Å²) in [4.78, 5) is 53.9. The Bertz CT molecular complexity index is 1770. The summed E-state index contributed by atoms with van der Waals surface area (Å²) in [5.41, 5.74) is 8.55. The molecule has 2 aromatic carbocycles. The molecular formula is C33H42N8O8S. The number of rotatable bonds is 15. The SMILES string of the molecule is CC(C)C[C@H](NC(=O)OC(C)(C)C)C(=O)NNc1ccc(C(=O)NCCNC(=O)c2ccc(NN=Cc3ccccc3S(=O)(=O)O)nc2)cc1. The number of pyridine rings is 1. The minimum Gasteiger partial charge on any atom is -0.444 e. The molecule has 7 N–H and O–H groups in total. The summed E-state index contributed by atoms with van der Waals surface area (Å²) in [7, 11) is -4.42. The van der Waals surface area contributed by atoms with Gasteiger partial charge >= 0.3 is 6.09 Å². The molecule has 0 unspecified atom stereocenters. The monoisotopic (exact) mass is 710 g/mol. The average Bonchev–Trinajstić information content (AvgIpc) is 3.04. The molecule has 268 valence electrons. The molecule has 0 saturated heterocycles. The van der Waals surface area contributed by atoms with E-state index in [-0.39, 0.29) is 46.8 Å². The van der Waals surface area contributed by atoms with E-state index in [2.05, 4.69) is 42.3 Å². The number of hydrazine groups is 1. The van der Waals surface area contributed by atoms with Crippen molar-refractivity contribution in [1.82, 2.24) is 26.4 Å². The van der Waals surface area contributed by atoms with Gasteiger partial charge in [-0.2, -0.15) is 13.5 Å². The number of anilines is 2. The number of nitrogens with one attached hydrogen (secondary N) is 6. The molecule has 1 heterocycles. The van der Waals surface area contributed by atoms with Crippen LogP contribution in [0, 0.1) is 5.92 Å². The van der Waals surface area contributed by atoms with Gasteiger partial charge in [0, 0.05) is 30.4 Å². The van der Waals surface area contributed by atoms with E-state index in [1.54, 1.807) is 51.1 Å². The molecule has 16 nitrogen and oxygen atoms in total. The number of carbonyl (C=O) groups is 4. The van der Waals surface area contributed by atoms with E-state index in [0.717, 1.165) is 0 Å². The molecule has 0 radical (unpaired) electrons. The Morgan fingerprint density at radius 2 is 1.54 bits per heavy atom. The highest BCUT2D eigenvalue weighted by atomic mass is 32.2. The van der Waals surface area contributed by atoms with Gasteiger partial charge in [-0.15, -0.1) is 0 Å². The van der Waals surface area contributed by atoms with Gasteiger partial charge in [0.1, 0.15) is 22.4 Å². The third-order valence-electron chi connectivity index (χ3n) is 6.49. The fourth-order valence-corrected chi connectivity index (χ4v) is 4.89. The summed E-state index contributed by atoms with van der Waals surface area (Å²) in [6.45, 7) is 9.35. The molecule has 50 heavy (non-hydrogen) atoms. The lowest BCUT2D eigenvalue weighted by atomic mass is 10.0. The minimum absolute atomic E-state index is 0.126. The molecule has 3 rings (SSSR count). The van der Waals surface area contributed by atoms with Crippen LogP contribution in [0.4, 0.5) is 16.3 Å². The second kappa shape index (κ2) is 17.7. The maximum absolute atomic E-state index is 12.8. The van der Waals surface area contributed by atoms with E-state index in [9.17, 15) is 32.1 Å². The van der Waals surface area contributed by atoms with Crippen molar-refractivity contribution >= 4 is 51.7 Å². The zero-order valence-corrected chi connectivity index (χ0v) is 29.1. The standard InChI is InChI=1S/C33H42N8O8S/c1-21(2)18-26(38-32(45)49-33(3,4)5)31(44)41-39-25-13-10-22(11-14-25)29(42)34-16-17-35-30(43)24-12-15-28(36-19-24)40-37-20-23-8-6-7-9-27(23)50(46,47)48/h6-15,19-21,26,39H,16-18H2,1-5H3,(H,34,42)(H,35,43)(H,36,40)(H,38,45)(H,41,44)(H,46,47,48)/t26-/m0/s1. The van der Waals surface area contributed by atoms with Gasteiger partial charge in [-0.05, 0) is 75.6 Å².